The van der Waals surface area contributed by atoms with E-state index in [-0.39, 0.29) is 5.97 Å². The predicted octanol–water partition coefficient (Wildman–Crippen LogP) is 0.973. The van der Waals surface area contributed by atoms with Gasteiger partial charge in [-0.2, -0.15) is 0 Å². The molecule has 1 rings (SSSR count). The second-order valence-corrected chi connectivity index (χ2v) is 4.25. The zero-order valence-electron chi connectivity index (χ0n) is 10.9. The summed E-state index contributed by atoms with van der Waals surface area (Å²) >= 11 is 0. The van der Waals surface area contributed by atoms with Gasteiger partial charge in [0.2, 0.25) is 0 Å². The monoisotopic (exact) mass is 264 g/mol. The Hall–Kier alpha value is -1.72. The van der Waals surface area contributed by atoms with E-state index in [4.69, 9.17) is 10.6 Å². The normalized spacial score (nSPS) is 11.8. The molecule has 19 heavy (non-hydrogen) atoms. The smallest absolute Gasteiger partial charge is 0.324 e. The molecule has 1 aromatic rings. The molecular weight excluding hydrogens is 244 g/mol. The number of aryl methyl sites for hydroxylation is 1. The Labute approximate surface area is 113 Å². The molecule has 0 saturated heterocycles. The fourth-order valence-electron chi connectivity index (χ4n) is 1.61. The molecular formula is C14H20N2O3. The first-order valence-corrected chi connectivity index (χ1v) is 6.40. The summed E-state index contributed by atoms with van der Waals surface area (Å²) in [7, 11) is 0. The first-order chi connectivity index (χ1) is 9.26. The van der Waals surface area contributed by atoms with Gasteiger partial charge in [0.25, 0.3) is 0 Å². The number of hydrogen-bond acceptors (Lipinski definition) is 5. The Morgan fingerprint density at radius 3 is 2.74 bits per heavy atom. The summed E-state index contributed by atoms with van der Waals surface area (Å²) in [6.07, 6.45) is 2.99. The largest absolute Gasteiger partial charge is 0.370 e. The highest BCUT2D eigenvalue weighted by Gasteiger charge is 2.09. The first-order valence-electron chi connectivity index (χ1n) is 6.40. The number of carbonyl (C=O) groups is 2. The van der Waals surface area contributed by atoms with Crippen molar-refractivity contribution in [2.75, 3.05) is 6.54 Å². The Kier molecular flexibility index (Phi) is 7.46. The number of aldehydes is 1. The lowest BCUT2D eigenvalue weighted by atomic mass is 10.1. The summed E-state index contributed by atoms with van der Waals surface area (Å²) in [5, 5.41) is 0. The average molecular weight is 264 g/mol. The van der Waals surface area contributed by atoms with E-state index in [1.54, 1.807) is 0 Å². The van der Waals surface area contributed by atoms with E-state index in [0.717, 1.165) is 6.42 Å². The third kappa shape index (κ3) is 6.69. The Bertz CT molecular complexity index is 382. The lowest BCUT2D eigenvalue weighted by Crippen LogP contribution is -2.34. The van der Waals surface area contributed by atoms with Crippen LogP contribution in [0.5, 0.6) is 0 Å². The molecule has 1 unspecified atom stereocenters. The van der Waals surface area contributed by atoms with Gasteiger partial charge in [-0.15, -0.1) is 5.48 Å². The number of carbonyl (C=O) groups excluding carboxylic acids is 2. The summed E-state index contributed by atoms with van der Waals surface area (Å²) < 4.78 is 0. The molecule has 104 valence electrons. The number of hydroxylamine groups is 1. The van der Waals surface area contributed by atoms with Crippen molar-refractivity contribution in [1.29, 1.82) is 0 Å². The van der Waals surface area contributed by atoms with Gasteiger partial charge in [-0.25, -0.2) is 0 Å². The minimum Gasteiger partial charge on any atom is -0.370 e. The highest BCUT2D eigenvalue weighted by molar-refractivity contribution is 5.69. The molecule has 5 nitrogen and oxygen atoms in total. The Morgan fingerprint density at radius 2 is 2.11 bits per heavy atom. The molecule has 0 fully saturated rings. The van der Waals surface area contributed by atoms with Crippen molar-refractivity contribution in [3.8, 4) is 0 Å². The maximum absolute atomic E-state index is 11.4. The lowest BCUT2D eigenvalue weighted by molar-refractivity contribution is -0.153. The van der Waals surface area contributed by atoms with Crippen molar-refractivity contribution in [2.24, 2.45) is 5.73 Å². The van der Waals surface area contributed by atoms with Gasteiger partial charge in [0.05, 0.1) is 6.04 Å². The van der Waals surface area contributed by atoms with Crippen LogP contribution in [0.1, 0.15) is 24.8 Å². The van der Waals surface area contributed by atoms with Crippen LogP contribution in [0.25, 0.3) is 0 Å². The maximum atomic E-state index is 11.4. The van der Waals surface area contributed by atoms with Crippen molar-refractivity contribution < 1.29 is 14.4 Å². The third-order valence-corrected chi connectivity index (χ3v) is 2.66. The quantitative estimate of drug-likeness (QED) is 0.513. The van der Waals surface area contributed by atoms with Crippen LogP contribution < -0.4 is 11.2 Å². The van der Waals surface area contributed by atoms with Crippen LogP contribution in [-0.4, -0.2) is 24.8 Å². The molecule has 0 heterocycles. The average Bonchev–Trinajstić information content (AvgIpc) is 2.44. The molecule has 0 bridgehead atoms. The number of nitrogens with one attached hydrogen (secondary N) is 1. The molecule has 0 amide bonds. The number of nitrogens with two attached hydrogens (primary N) is 1. The number of rotatable bonds is 9. The van der Waals surface area contributed by atoms with Crippen molar-refractivity contribution in [3.05, 3.63) is 35.9 Å². The molecule has 1 aromatic carbocycles. The summed E-state index contributed by atoms with van der Waals surface area (Å²) in [5.74, 6) is -0.361. The van der Waals surface area contributed by atoms with Crippen LogP contribution in [0.4, 0.5) is 0 Å². The zero-order valence-corrected chi connectivity index (χ0v) is 10.9. The first kappa shape index (κ1) is 15.3. The number of benzene rings is 1. The predicted molar refractivity (Wildman–Crippen MR) is 72.1 cm³/mol. The molecule has 0 spiro atoms. The molecule has 1 atom stereocenters. The second kappa shape index (κ2) is 9.24. The van der Waals surface area contributed by atoms with Crippen LogP contribution in [0.3, 0.4) is 0 Å². The van der Waals surface area contributed by atoms with Gasteiger partial charge in [0.15, 0.2) is 0 Å². The van der Waals surface area contributed by atoms with Gasteiger partial charge in [-0.05, 0) is 31.4 Å². The number of hydrogen-bond donors (Lipinski definition) is 2. The van der Waals surface area contributed by atoms with Crippen molar-refractivity contribution in [3.63, 3.8) is 0 Å². The lowest BCUT2D eigenvalue weighted by Gasteiger charge is -2.10. The summed E-state index contributed by atoms with van der Waals surface area (Å²) in [4.78, 5) is 26.8. The summed E-state index contributed by atoms with van der Waals surface area (Å²) in [6, 6.07) is 9.41. The highest BCUT2D eigenvalue weighted by Crippen LogP contribution is 2.04. The van der Waals surface area contributed by atoms with E-state index >= 15 is 0 Å². The molecule has 0 radical (unpaired) electrons. The molecule has 0 saturated carbocycles. The van der Waals surface area contributed by atoms with Crippen molar-refractivity contribution in [2.45, 2.75) is 31.7 Å². The van der Waals surface area contributed by atoms with Gasteiger partial charge in [-0.3, -0.25) is 4.79 Å². The van der Waals surface area contributed by atoms with Gasteiger partial charge in [0.1, 0.15) is 6.29 Å². The second-order valence-electron chi connectivity index (χ2n) is 4.25. The van der Waals surface area contributed by atoms with E-state index in [9.17, 15) is 9.59 Å². The Morgan fingerprint density at radius 1 is 1.37 bits per heavy atom. The minimum atomic E-state index is -0.525. The summed E-state index contributed by atoms with van der Waals surface area (Å²) in [6.45, 7) is 0.363. The molecule has 0 aromatic heterocycles. The van der Waals surface area contributed by atoms with E-state index in [2.05, 4.69) is 5.48 Å². The van der Waals surface area contributed by atoms with E-state index < -0.39 is 6.04 Å². The van der Waals surface area contributed by atoms with Gasteiger partial charge >= 0.3 is 5.97 Å². The fraction of sp³-hybridized carbons (Fsp3) is 0.429. The third-order valence-electron chi connectivity index (χ3n) is 2.66. The van der Waals surface area contributed by atoms with Gasteiger partial charge in [0, 0.05) is 6.42 Å². The van der Waals surface area contributed by atoms with Gasteiger partial charge in [-0.1, -0.05) is 30.3 Å². The summed E-state index contributed by atoms with van der Waals surface area (Å²) in [5.41, 5.74) is 8.93. The topological polar surface area (TPSA) is 81.4 Å². The fourth-order valence-corrected chi connectivity index (χ4v) is 1.61. The molecule has 5 heteroatoms. The van der Waals surface area contributed by atoms with Crippen LogP contribution >= 0.6 is 0 Å². The van der Waals surface area contributed by atoms with Gasteiger partial charge < -0.3 is 15.4 Å². The highest BCUT2D eigenvalue weighted by atomic mass is 16.7. The SMILES string of the molecule is NCCC(C=O)NOC(=O)CCCc1ccccc1. The minimum absolute atomic E-state index is 0.316. The van der Waals surface area contributed by atoms with Crippen LogP contribution in [0, 0.1) is 0 Å². The van der Waals surface area contributed by atoms with Crippen LogP contribution in [0.2, 0.25) is 0 Å². The standard InChI is InChI=1S/C14H20N2O3/c15-10-9-13(11-17)16-19-14(18)8-4-7-12-5-2-1-3-6-12/h1-3,5-6,11,13,16H,4,7-10,15H2. The molecule has 0 aliphatic carbocycles. The van der Waals surface area contributed by atoms with Crippen molar-refractivity contribution in [1.82, 2.24) is 5.48 Å². The van der Waals surface area contributed by atoms with E-state index in [1.165, 1.54) is 5.56 Å². The molecule has 0 aliphatic heterocycles. The zero-order chi connectivity index (χ0) is 13.9. The van der Waals surface area contributed by atoms with Crippen molar-refractivity contribution >= 4 is 12.3 Å². The van der Waals surface area contributed by atoms with Crippen LogP contribution in [0.15, 0.2) is 30.3 Å². The van der Waals surface area contributed by atoms with Crippen LogP contribution in [-0.2, 0) is 20.8 Å². The van der Waals surface area contributed by atoms with E-state index in [1.807, 2.05) is 30.3 Å². The van der Waals surface area contributed by atoms with E-state index in [0.29, 0.717) is 32.1 Å². The maximum Gasteiger partial charge on any atom is 0.324 e. The Balaban J connectivity index is 2.16. The molecule has 0 aliphatic rings. The molecule has 3 N–H and O–H groups in total.